The molecule has 2 aliphatic rings. The maximum Gasteiger partial charge on any atom is 0.303 e. The fourth-order valence-electron chi connectivity index (χ4n) is 4.33. The molecule has 4 atom stereocenters. The van der Waals surface area contributed by atoms with Crippen molar-refractivity contribution in [3.63, 3.8) is 0 Å². The first-order valence-corrected chi connectivity index (χ1v) is 10.2. The number of carboxylic acid groups (broad SMARTS) is 1. The Kier molecular flexibility index (Phi) is 8.31. The van der Waals surface area contributed by atoms with Gasteiger partial charge in [0.1, 0.15) is 0 Å². The molecule has 138 valence electrons. The second-order valence-corrected chi connectivity index (χ2v) is 7.85. The zero-order valence-corrected chi connectivity index (χ0v) is 15.5. The predicted molar refractivity (Wildman–Crippen MR) is 98.1 cm³/mol. The van der Waals surface area contributed by atoms with Gasteiger partial charge in [-0.25, -0.2) is 0 Å². The first-order chi connectivity index (χ1) is 11.6. The highest BCUT2D eigenvalue weighted by Gasteiger charge is 2.42. The van der Waals surface area contributed by atoms with Crippen molar-refractivity contribution in [1.82, 2.24) is 0 Å². The molecule has 0 aromatic carbocycles. The summed E-state index contributed by atoms with van der Waals surface area (Å²) in [5, 5.41) is 8.71. The van der Waals surface area contributed by atoms with Crippen LogP contribution in [-0.2, 0) is 9.53 Å². The van der Waals surface area contributed by atoms with E-state index in [0.29, 0.717) is 18.1 Å². The molecule has 0 bridgehead atoms. The van der Waals surface area contributed by atoms with Crippen LogP contribution in [0.15, 0.2) is 12.2 Å². The number of carboxylic acids is 1. The molecule has 1 unspecified atom stereocenters. The topological polar surface area (TPSA) is 49.8 Å². The monoisotopic (exact) mass is 336 g/mol. The number of aliphatic carboxylic acids is 1. The lowest BCUT2D eigenvalue weighted by atomic mass is 9.85. The molecule has 24 heavy (non-hydrogen) atoms. The van der Waals surface area contributed by atoms with Crippen molar-refractivity contribution >= 4 is 5.97 Å². The van der Waals surface area contributed by atoms with Gasteiger partial charge in [0.05, 0.1) is 12.2 Å². The van der Waals surface area contributed by atoms with E-state index in [9.17, 15) is 4.79 Å². The Balaban J connectivity index is 1.61. The number of epoxide rings is 1. The quantitative estimate of drug-likeness (QED) is 0.265. The molecule has 0 amide bonds. The minimum atomic E-state index is -0.699. The minimum Gasteiger partial charge on any atom is -0.481 e. The minimum absolute atomic E-state index is 0.267. The van der Waals surface area contributed by atoms with Crippen LogP contribution in [0.25, 0.3) is 0 Å². The molecule has 1 saturated heterocycles. The molecule has 3 heteroatoms. The van der Waals surface area contributed by atoms with E-state index < -0.39 is 5.97 Å². The van der Waals surface area contributed by atoms with Gasteiger partial charge >= 0.3 is 5.97 Å². The van der Waals surface area contributed by atoms with Gasteiger partial charge in [0.25, 0.3) is 0 Å². The summed E-state index contributed by atoms with van der Waals surface area (Å²) in [6, 6.07) is 0. The van der Waals surface area contributed by atoms with Crippen molar-refractivity contribution in [2.45, 2.75) is 103 Å². The van der Waals surface area contributed by atoms with Gasteiger partial charge in [-0.3, -0.25) is 4.79 Å². The van der Waals surface area contributed by atoms with Gasteiger partial charge in [0.15, 0.2) is 0 Å². The van der Waals surface area contributed by atoms with Gasteiger partial charge in [-0.15, -0.1) is 0 Å². The predicted octanol–water partition coefficient (Wildman–Crippen LogP) is 5.73. The SMILES string of the molecule is C=C1CC[C@H](CCCCCCCC)[C@H]1C[C@H]1OC1CCCC(=O)O. The second-order valence-electron chi connectivity index (χ2n) is 7.85. The third-order valence-corrected chi connectivity index (χ3v) is 5.91. The standard InChI is InChI=1S/C21H36O3/c1-3-4-5-6-7-8-10-17-14-13-16(2)18(17)15-20-19(24-20)11-9-12-21(22)23/h17-20H,2-15H2,1H3,(H,22,23)/t17-,18-,19?,20+/m0/s1. The van der Waals surface area contributed by atoms with Crippen LogP contribution in [0.3, 0.4) is 0 Å². The maximum absolute atomic E-state index is 10.6. The van der Waals surface area contributed by atoms with E-state index in [1.807, 2.05) is 0 Å². The van der Waals surface area contributed by atoms with Crippen LogP contribution < -0.4 is 0 Å². The highest BCUT2D eigenvalue weighted by atomic mass is 16.6. The van der Waals surface area contributed by atoms with Gasteiger partial charge in [-0.05, 0) is 50.4 Å². The summed E-state index contributed by atoms with van der Waals surface area (Å²) in [6.45, 7) is 6.58. The van der Waals surface area contributed by atoms with Crippen molar-refractivity contribution in [1.29, 1.82) is 0 Å². The van der Waals surface area contributed by atoms with Gasteiger partial charge in [-0.2, -0.15) is 0 Å². The summed E-state index contributed by atoms with van der Waals surface area (Å²) in [7, 11) is 0. The summed E-state index contributed by atoms with van der Waals surface area (Å²) in [4.78, 5) is 10.6. The van der Waals surface area contributed by atoms with Crippen LogP contribution in [0.4, 0.5) is 0 Å². The van der Waals surface area contributed by atoms with Gasteiger partial charge < -0.3 is 9.84 Å². The number of carbonyl (C=O) groups is 1. The third-order valence-electron chi connectivity index (χ3n) is 5.91. The van der Waals surface area contributed by atoms with Crippen molar-refractivity contribution in [2.75, 3.05) is 0 Å². The molecule has 1 heterocycles. The number of ether oxygens (including phenoxy) is 1. The van der Waals surface area contributed by atoms with E-state index in [4.69, 9.17) is 9.84 Å². The van der Waals surface area contributed by atoms with Crippen LogP contribution in [0.1, 0.15) is 90.4 Å². The molecule has 1 aliphatic heterocycles. The first kappa shape index (κ1) is 19.5. The van der Waals surface area contributed by atoms with E-state index in [-0.39, 0.29) is 6.42 Å². The zero-order valence-electron chi connectivity index (χ0n) is 15.5. The Morgan fingerprint density at radius 2 is 1.88 bits per heavy atom. The highest BCUT2D eigenvalue weighted by molar-refractivity contribution is 5.66. The second kappa shape index (κ2) is 10.2. The van der Waals surface area contributed by atoms with Crippen LogP contribution >= 0.6 is 0 Å². The van der Waals surface area contributed by atoms with Gasteiger partial charge in [0.2, 0.25) is 0 Å². The largest absolute Gasteiger partial charge is 0.481 e. The molecule has 1 aliphatic carbocycles. The fourth-order valence-corrected chi connectivity index (χ4v) is 4.33. The molecule has 0 spiro atoms. The Hall–Kier alpha value is -0.830. The number of hydrogen-bond acceptors (Lipinski definition) is 2. The average Bonchev–Trinajstić information content (AvgIpc) is 3.19. The zero-order chi connectivity index (χ0) is 17.4. The summed E-state index contributed by atoms with van der Waals surface area (Å²) in [6.07, 6.45) is 15.8. The van der Waals surface area contributed by atoms with Gasteiger partial charge in [0, 0.05) is 6.42 Å². The Morgan fingerprint density at radius 1 is 1.12 bits per heavy atom. The number of rotatable bonds is 13. The van der Waals surface area contributed by atoms with Crippen molar-refractivity contribution in [3.05, 3.63) is 12.2 Å². The smallest absolute Gasteiger partial charge is 0.303 e. The Bertz CT molecular complexity index is 404. The number of unbranched alkanes of at least 4 members (excludes halogenated alkanes) is 5. The number of hydrogen-bond donors (Lipinski definition) is 1. The third kappa shape index (κ3) is 6.58. The van der Waals surface area contributed by atoms with Crippen LogP contribution in [0.5, 0.6) is 0 Å². The van der Waals surface area contributed by atoms with E-state index in [2.05, 4.69) is 13.5 Å². The van der Waals surface area contributed by atoms with E-state index in [0.717, 1.165) is 25.2 Å². The normalized spacial score (nSPS) is 29.1. The molecule has 2 rings (SSSR count). The van der Waals surface area contributed by atoms with Crippen LogP contribution in [0.2, 0.25) is 0 Å². The summed E-state index contributed by atoms with van der Waals surface area (Å²) >= 11 is 0. The Morgan fingerprint density at radius 3 is 2.62 bits per heavy atom. The van der Waals surface area contributed by atoms with Crippen molar-refractivity contribution in [3.8, 4) is 0 Å². The molecule has 2 fully saturated rings. The molecule has 0 aromatic heterocycles. The Labute approximate surface area is 147 Å². The molecular formula is C21H36O3. The van der Waals surface area contributed by atoms with Gasteiger partial charge in [-0.1, -0.05) is 57.6 Å². The molecule has 3 nitrogen and oxygen atoms in total. The lowest BCUT2D eigenvalue weighted by Crippen LogP contribution is -2.13. The van der Waals surface area contributed by atoms with Crippen LogP contribution in [0, 0.1) is 11.8 Å². The summed E-state index contributed by atoms with van der Waals surface area (Å²) in [5.74, 6) is 0.762. The highest BCUT2D eigenvalue weighted by Crippen LogP contribution is 2.45. The summed E-state index contributed by atoms with van der Waals surface area (Å²) < 4.78 is 5.79. The molecular weight excluding hydrogens is 300 g/mol. The van der Waals surface area contributed by atoms with E-state index >= 15 is 0 Å². The average molecular weight is 337 g/mol. The van der Waals surface area contributed by atoms with Crippen molar-refractivity contribution < 1.29 is 14.6 Å². The lowest BCUT2D eigenvalue weighted by Gasteiger charge is -2.19. The van der Waals surface area contributed by atoms with Crippen molar-refractivity contribution in [2.24, 2.45) is 11.8 Å². The lowest BCUT2D eigenvalue weighted by molar-refractivity contribution is -0.137. The number of allylic oxidation sites excluding steroid dienone is 1. The molecule has 0 aromatic rings. The fraction of sp³-hybridized carbons (Fsp3) is 0.857. The maximum atomic E-state index is 10.6. The first-order valence-electron chi connectivity index (χ1n) is 10.2. The molecule has 1 N–H and O–H groups in total. The van der Waals surface area contributed by atoms with Crippen LogP contribution in [-0.4, -0.2) is 23.3 Å². The molecule has 1 saturated carbocycles. The summed E-state index contributed by atoms with van der Waals surface area (Å²) in [5.41, 5.74) is 1.44. The molecule has 0 radical (unpaired) electrons. The van der Waals surface area contributed by atoms with E-state index in [1.54, 1.807) is 0 Å². The van der Waals surface area contributed by atoms with E-state index in [1.165, 1.54) is 63.4 Å².